The summed E-state index contributed by atoms with van der Waals surface area (Å²) in [6, 6.07) is 15.6. The predicted octanol–water partition coefficient (Wildman–Crippen LogP) is 4.88. The van der Waals surface area contributed by atoms with Gasteiger partial charge < -0.3 is 19.9 Å². The molecule has 0 aromatic heterocycles. The Morgan fingerprint density at radius 2 is 1.68 bits per heavy atom. The zero-order valence-corrected chi connectivity index (χ0v) is 18.6. The van der Waals surface area contributed by atoms with Crippen molar-refractivity contribution in [3.8, 4) is 0 Å². The SMILES string of the molecule is CCCCc1ccc(COC(=O)NCc2cccc(CC(OC(C)C)C(=O)O)c2)cc1. The van der Waals surface area contributed by atoms with Crippen molar-refractivity contribution >= 4 is 12.1 Å². The molecule has 1 amide bonds. The maximum atomic E-state index is 12.0. The van der Waals surface area contributed by atoms with E-state index in [1.165, 1.54) is 18.4 Å². The van der Waals surface area contributed by atoms with E-state index in [0.717, 1.165) is 23.1 Å². The van der Waals surface area contributed by atoms with Crippen LogP contribution < -0.4 is 5.32 Å². The lowest BCUT2D eigenvalue weighted by molar-refractivity contribution is -0.153. The van der Waals surface area contributed by atoms with Crippen LogP contribution in [0.5, 0.6) is 0 Å². The summed E-state index contributed by atoms with van der Waals surface area (Å²) in [6.45, 7) is 6.30. The van der Waals surface area contributed by atoms with E-state index < -0.39 is 18.2 Å². The standard InChI is InChI=1S/C25H33NO5/c1-4-5-7-19-10-12-20(13-11-19)17-30-25(29)26-16-22-9-6-8-21(14-22)15-23(24(27)28)31-18(2)3/h6,8-14,18,23H,4-5,7,15-17H2,1-3H3,(H,26,29)(H,27,28). The number of aryl methyl sites for hydroxylation is 1. The molecule has 0 aliphatic rings. The van der Waals surface area contributed by atoms with Gasteiger partial charge in [-0.2, -0.15) is 0 Å². The number of aliphatic carboxylic acids is 1. The van der Waals surface area contributed by atoms with Crippen molar-refractivity contribution < 1.29 is 24.2 Å². The molecule has 1 unspecified atom stereocenters. The van der Waals surface area contributed by atoms with Crippen LogP contribution in [0.2, 0.25) is 0 Å². The molecule has 168 valence electrons. The summed E-state index contributed by atoms with van der Waals surface area (Å²) >= 11 is 0. The fourth-order valence-corrected chi connectivity index (χ4v) is 3.16. The molecule has 31 heavy (non-hydrogen) atoms. The highest BCUT2D eigenvalue weighted by atomic mass is 16.5. The summed E-state index contributed by atoms with van der Waals surface area (Å²) in [4.78, 5) is 23.4. The number of ether oxygens (including phenoxy) is 2. The fourth-order valence-electron chi connectivity index (χ4n) is 3.16. The highest BCUT2D eigenvalue weighted by Crippen LogP contribution is 2.12. The number of carboxylic acid groups (broad SMARTS) is 1. The molecule has 0 saturated heterocycles. The smallest absolute Gasteiger partial charge is 0.407 e. The van der Waals surface area contributed by atoms with Crippen LogP contribution in [0.4, 0.5) is 4.79 Å². The molecular weight excluding hydrogens is 394 g/mol. The minimum absolute atomic E-state index is 0.173. The first-order valence-electron chi connectivity index (χ1n) is 10.8. The van der Waals surface area contributed by atoms with E-state index in [1.807, 2.05) is 50.2 Å². The lowest BCUT2D eigenvalue weighted by atomic mass is 10.0. The van der Waals surface area contributed by atoms with E-state index in [1.54, 1.807) is 0 Å². The van der Waals surface area contributed by atoms with Crippen LogP contribution >= 0.6 is 0 Å². The van der Waals surface area contributed by atoms with Gasteiger partial charge in [0.25, 0.3) is 0 Å². The van der Waals surface area contributed by atoms with Crippen molar-refractivity contribution in [3.05, 3.63) is 70.8 Å². The fraction of sp³-hybridized carbons (Fsp3) is 0.440. The van der Waals surface area contributed by atoms with Crippen LogP contribution in [0.15, 0.2) is 48.5 Å². The van der Waals surface area contributed by atoms with Crippen molar-refractivity contribution in [2.75, 3.05) is 0 Å². The lowest BCUT2D eigenvalue weighted by Crippen LogP contribution is -2.29. The summed E-state index contributed by atoms with van der Waals surface area (Å²) in [6.07, 6.45) is 2.09. The summed E-state index contributed by atoms with van der Waals surface area (Å²) in [7, 11) is 0. The minimum atomic E-state index is -0.987. The van der Waals surface area contributed by atoms with Crippen molar-refractivity contribution in [1.29, 1.82) is 0 Å². The van der Waals surface area contributed by atoms with Gasteiger partial charge in [-0.25, -0.2) is 9.59 Å². The van der Waals surface area contributed by atoms with E-state index in [4.69, 9.17) is 9.47 Å². The second-order valence-electron chi connectivity index (χ2n) is 7.89. The Morgan fingerprint density at radius 3 is 2.32 bits per heavy atom. The minimum Gasteiger partial charge on any atom is -0.479 e. The Bertz CT molecular complexity index is 832. The highest BCUT2D eigenvalue weighted by Gasteiger charge is 2.20. The lowest BCUT2D eigenvalue weighted by Gasteiger charge is -2.17. The molecule has 0 spiro atoms. The van der Waals surface area contributed by atoms with Gasteiger partial charge in [0.05, 0.1) is 6.10 Å². The van der Waals surface area contributed by atoms with Crippen LogP contribution in [0.25, 0.3) is 0 Å². The number of alkyl carbamates (subject to hydrolysis) is 1. The van der Waals surface area contributed by atoms with Crippen LogP contribution in [0.1, 0.15) is 55.9 Å². The van der Waals surface area contributed by atoms with E-state index in [2.05, 4.69) is 24.4 Å². The maximum Gasteiger partial charge on any atom is 0.407 e. The first kappa shape index (κ1) is 24.4. The van der Waals surface area contributed by atoms with Crippen molar-refractivity contribution in [2.24, 2.45) is 0 Å². The van der Waals surface area contributed by atoms with Gasteiger partial charge >= 0.3 is 12.1 Å². The highest BCUT2D eigenvalue weighted by molar-refractivity contribution is 5.72. The van der Waals surface area contributed by atoms with Crippen LogP contribution in [-0.2, 0) is 40.3 Å². The topological polar surface area (TPSA) is 84.9 Å². The molecule has 0 fully saturated rings. The van der Waals surface area contributed by atoms with Crippen molar-refractivity contribution in [2.45, 2.75) is 71.8 Å². The number of nitrogens with one attached hydrogen (secondary N) is 1. The Balaban J connectivity index is 1.81. The van der Waals surface area contributed by atoms with Gasteiger partial charge in [-0.15, -0.1) is 0 Å². The molecule has 0 heterocycles. The van der Waals surface area contributed by atoms with Gasteiger partial charge in [0.2, 0.25) is 0 Å². The number of carboxylic acids is 1. The van der Waals surface area contributed by atoms with Gasteiger partial charge in [-0.3, -0.25) is 0 Å². The number of hydrogen-bond donors (Lipinski definition) is 2. The van der Waals surface area contributed by atoms with E-state index in [-0.39, 0.29) is 19.1 Å². The second-order valence-corrected chi connectivity index (χ2v) is 7.89. The number of hydrogen-bond acceptors (Lipinski definition) is 4. The average molecular weight is 428 g/mol. The number of carbonyl (C=O) groups excluding carboxylic acids is 1. The Morgan fingerprint density at radius 1 is 1.00 bits per heavy atom. The van der Waals surface area contributed by atoms with Gasteiger partial charge in [-0.1, -0.05) is 61.9 Å². The molecule has 2 rings (SSSR count). The molecule has 0 aliphatic carbocycles. The first-order chi connectivity index (χ1) is 14.9. The third-order valence-electron chi connectivity index (χ3n) is 4.77. The van der Waals surface area contributed by atoms with E-state index in [0.29, 0.717) is 6.54 Å². The zero-order valence-electron chi connectivity index (χ0n) is 18.6. The third-order valence-corrected chi connectivity index (χ3v) is 4.77. The average Bonchev–Trinajstić information content (AvgIpc) is 2.75. The largest absolute Gasteiger partial charge is 0.479 e. The van der Waals surface area contributed by atoms with Gasteiger partial charge in [-0.05, 0) is 48.9 Å². The van der Waals surface area contributed by atoms with Gasteiger partial charge in [0.15, 0.2) is 6.10 Å². The quantitative estimate of drug-likeness (QED) is 0.504. The molecule has 0 bridgehead atoms. The molecule has 6 heteroatoms. The molecule has 1 atom stereocenters. The second kappa shape index (κ2) is 12.7. The van der Waals surface area contributed by atoms with Crippen LogP contribution in [0, 0.1) is 0 Å². The summed E-state index contributed by atoms with van der Waals surface area (Å²) < 4.78 is 10.8. The molecule has 0 aliphatic heterocycles. The summed E-state index contributed by atoms with van der Waals surface area (Å²) in [5, 5.41) is 12.1. The molecule has 0 saturated carbocycles. The van der Waals surface area contributed by atoms with Crippen molar-refractivity contribution in [1.82, 2.24) is 5.32 Å². The van der Waals surface area contributed by atoms with Crippen molar-refractivity contribution in [3.63, 3.8) is 0 Å². The number of unbranched alkanes of at least 4 members (excludes halogenated alkanes) is 1. The molecule has 2 aromatic rings. The monoisotopic (exact) mass is 427 g/mol. The van der Waals surface area contributed by atoms with E-state index >= 15 is 0 Å². The molecule has 2 N–H and O–H groups in total. The van der Waals surface area contributed by atoms with E-state index in [9.17, 15) is 14.7 Å². The Labute approximate surface area is 184 Å². The molecule has 2 aromatic carbocycles. The number of amides is 1. The first-order valence-corrected chi connectivity index (χ1v) is 10.8. The predicted molar refractivity (Wildman–Crippen MR) is 120 cm³/mol. The normalized spacial score (nSPS) is 11.9. The van der Waals surface area contributed by atoms with Gasteiger partial charge in [0, 0.05) is 13.0 Å². The molecule has 6 nitrogen and oxygen atoms in total. The van der Waals surface area contributed by atoms with Crippen LogP contribution in [-0.4, -0.2) is 29.4 Å². The number of benzene rings is 2. The third kappa shape index (κ3) is 9.22. The molecular formula is C25H33NO5. The summed E-state index contributed by atoms with van der Waals surface area (Å²) in [5.74, 6) is -0.987. The molecule has 0 radical (unpaired) electrons. The Kier molecular flexibility index (Phi) is 10.0. The maximum absolute atomic E-state index is 12.0. The number of rotatable bonds is 12. The van der Waals surface area contributed by atoms with Gasteiger partial charge in [0.1, 0.15) is 6.61 Å². The van der Waals surface area contributed by atoms with Crippen LogP contribution in [0.3, 0.4) is 0 Å². The summed E-state index contributed by atoms with van der Waals surface area (Å²) in [5.41, 5.74) is 3.94. The number of carbonyl (C=O) groups is 2. The zero-order chi connectivity index (χ0) is 22.6. The Hall–Kier alpha value is -2.86.